The lowest BCUT2D eigenvalue weighted by molar-refractivity contribution is 0.0398. The molecule has 110 valence electrons. The fraction of sp³-hybridized carbons (Fsp3) is 1.00. The quantitative estimate of drug-likeness (QED) is 0.822. The second kappa shape index (κ2) is 5.73. The number of piperidine rings is 2. The van der Waals surface area contributed by atoms with Crippen LogP contribution in [0.3, 0.4) is 0 Å². The third-order valence-corrected chi connectivity index (χ3v) is 6.50. The minimum absolute atomic E-state index is 0.790. The summed E-state index contributed by atoms with van der Waals surface area (Å²) in [6, 6.07) is 3.31. The van der Waals surface area contributed by atoms with E-state index < -0.39 is 0 Å². The van der Waals surface area contributed by atoms with Crippen LogP contribution < -0.4 is 5.32 Å². The summed E-state index contributed by atoms with van der Waals surface area (Å²) >= 11 is 0. The molecule has 0 radical (unpaired) electrons. The molecule has 0 spiro atoms. The highest BCUT2D eigenvalue weighted by atomic mass is 15.2. The summed E-state index contributed by atoms with van der Waals surface area (Å²) in [5, 5.41) is 4.06. The average molecular weight is 264 g/mol. The Labute approximate surface area is 119 Å². The van der Waals surface area contributed by atoms with Gasteiger partial charge in [0.1, 0.15) is 0 Å². The van der Waals surface area contributed by atoms with E-state index in [1.807, 2.05) is 0 Å². The standard InChI is InChI=1S/C17H32N2/c1-12-6-4-9-17(13(12)2)18-14-10-15-7-5-8-16(11-14)19(15)3/h12-18H,4-11H2,1-3H3. The molecule has 1 aliphatic carbocycles. The van der Waals surface area contributed by atoms with Gasteiger partial charge < -0.3 is 10.2 Å². The van der Waals surface area contributed by atoms with Crippen LogP contribution >= 0.6 is 0 Å². The van der Waals surface area contributed by atoms with Crippen LogP contribution in [0.2, 0.25) is 0 Å². The molecule has 2 nitrogen and oxygen atoms in total. The summed E-state index contributed by atoms with van der Waals surface area (Å²) in [6.45, 7) is 4.92. The van der Waals surface area contributed by atoms with Crippen molar-refractivity contribution in [3.05, 3.63) is 0 Å². The number of fused-ring (bicyclic) bond motifs is 2. The van der Waals surface area contributed by atoms with Gasteiger partial charge in [0.25, 0.3) is 0 Å². The van der Waals surface area contributed by atoms with E-state index in [2.05, 4.69) is 31.1 Å². The molecular formula is C17H32N2. The SMILES string of the molecule is CC1CCCC(NC2CC3CCCC(C2)N3C)C1C. The van der Waals surface area contributed by atoms with Gasteiger partial charge in [-0.1, -0.05) is 33.1 Å². The second-order valence-electron chi connectivity index (χ2n) is 7.61. The number of nitrogens with one attached hydrogen (secondary N) is 1. The maximum Gasteiger partial charge on any atom is 0.0110 e. The lowest BCUT2D eigenvalue weighted by Gasteiger charge is -2.49. The fourth-order valence-corrected chi connectivity index (χ4v) is 4.87. The molecule has 0 amide bonds. The first-order valence-corrected chi connectivity index (χ1v) is 8.63. The minimum Gasteiger partial charge on any atom is -0.311 e. The van der Waals surface area contributed by atoms with Gasteiger partial charge in [-0.3, -0.25) is 0 Å². The van der Waals surface area contributed by atoms with Crippen LogP contribution in [0.1, 0.15) is 65.2 Å². The molecule has 1 saturated carbocycles. The summed E-state index contributed by atoms with van der Waals surface area (Å²) in [4.78, 5) is 2.68. The van der Waals surface area contributed by atoms with E-state index in [1.165, 1.54) is 51.4 Å². The third-order valence-electron chi connectivity index (χ3n) is 6.50. The molecule has 0 aromatic heterocycles. The summed E-state index contributed by atoms with van der Waals surface area (Å²) in [5.41, 5.74) is 0. The predicted molar refractivity (Wildman–Crippen MR) is 81.3 cm³/mol. The Balaban J connectivity index is 1.58. The lowest BCUT2D eigenvalue weighted by atomic mass is 9.76. The number of nitrogens with zero attached hydrogens (tertiary/aromatic N) is 1. The van der Waals surface area contributed by atoms with Crippen molar-refractivity contribution in [1.82, 2.24) is 10.2 Å². The first-order valence-electron chi connectivity index (χ1n) is 8.63. The van der Waals surface area contributed by atoms with Crippen molar-refractivity contribution in [3.8, 4) is 0 Å². The third kappa shape index (κ3) is 2.85. The van der Waals surface area contributed by atoms with Gasteiger partial charge >= 0.3 is 0 Å². The van der Waals surface area contributed by atoms with E-state index in [4.69, 9.17) is 0 Å². The van der Waals surface area contributed by atoms with Crippen LogP contribution in [-0.4, -0.2) is 36.1 Å². The zero-order valence-electron chi connectivity index (χ0n) is 13.1. The summed E-state index contributed by atoms with van der Waals surface area (Å²) in [6.07, 6.45) is 11.4. The smallest absolute Gasteiger partial charge is 0.0110 e. The second-order valence-corrected chi connectivity index (χ2v) is 7.61. The van der Waals surface area contributed by atoms with E-state index in [9.17, 15) is 0 Å². The van der Waals surface area contributed by atoms with Gasteiger partial charge in [-0.05, 0) is 51.0 Å². The highest BCUT2D eigenvalue weighted by Gasteiger charge is 2.37. The zero-order chi connectivity index (χ0) is 13.4. The van der Waals surface area contributed by atoms with Crippen LogP contribution in [0.4, 0.5) is 0 Å². The summed E-state index contributed by atoms with van der Waals surface area (Å²) in [7, 11) is 2.36. The van der Waals surface area contributed by atoms with Gasteiger partial charge in [-0.15, -0.1) is 0 Å². The van der Waals surface area contributed by atoms with Crippen LogP contribution in [0.25, 0.3) is 0 Å². The van der Waals surface area contributed by atoms with Crippen LogP contribution in [-0.2, 0) is 0 Å². The van der Waals surface area contributed by atoms with Gasteiger partial charge in [-0.2, -0.15) is 0 Å². The van der Waals surface area contributed by atoms with Crippen molar-refractivity contribution >= 4 is 0 Å². The van der Waals surface area contributed by atoms with Crippen molar-refractivity contribution in [2.24, 2.45) is 11.8 Å². The Morgan fingerprint density at radius 3 is 2.21 bits per heavy atom. The summed E-state index contributed by atoms with van der Waals surface area (Å²) < 4.78 is 0. The molecule has 2 heteroatoms. The van der Waals surface area contributed by atoms with Crippen molar-refractivity contribution in [2.45, 2.75) is 89.4 Å². The van der Waals surface area contributed by atoms with Crippen molar-refractivity contribution in [2.75, 3.05) is 7.05 Å². The molecule has 5 unspecified atom stereocenters. The average Bonchev–Trinajstić information content (AvgIpc) is 2.36. The Morgan fingerprint density at radius 2 is 1.53 bits per heavy atom. The zero-order valence-corrected chi connectivity index (χ0v) is 13.1. The summed E-state index contributed by atoms with van der Waals surface area (Å²) in [5.74, 6) is 1.78. The molecule has 2 aliphatic heterocycles. The number of hydrogen-bond donors (Lipinski definition) is 1. The minimum atomic E-state index is 0.790. The van der Waals surface area contributed by atoms with E-state index in [0.29, 0.717) is 0 Å². The van der Waals surface area contributed by atoms with Gasteiger partial charge in [-0.25, -0.2) is 0 Å². The van der Waals surface area contributed by atoms with Crippen molar-refractivity contribution in [3.63, 3.8) is 0 Å². The normalized spacial score (nSPS) is 48.2. The Bertz CT molecular complexity index is 290. The lowest BCUT2D eigenvalue weighted by Crippen LogP contribution is -2.57. The predicted octanol–water partition coefficient (Wildman–Crippen LogP) is 3.42. The monoisotopic (exact) mass is 264 g/mol. The highest BCUT2D eigenvalue weighted by Crippen LogP contribution is 2.35. The molecular weight excluding hydrogens is 232 g/mol. The van der Waals surface area contributed by atoms with Crippen LogP contribution in [0.5, 0.6) is 0 Å². The molecule has 2 saturated heterocycles. The fourth-order valence-electron chi connectivity index (χ4n) is 4.87. The van der Waals surface area contributed by atoms with Crippen molar-refractivity contribution in [1.29, 1.82) is 0 Å². The number of hydrogen-bond acceptors (Lipinski definition) is 2. The molecule has 0 aromatic carbocycles. The Morgan fingerprint density at radius 1 is 0.895 bits per heavy atom. The Hall–Kier alpha value is -0.0800. The van der Waals surface area contributed by atoms with Gasteiger partial charge in [0.15, 0.2) is 0 Å². The van der Waals surface area contributed by atoms with E-state index >= 15 is 0 Å². The highest BCUT2D eigenvalue weighted by molar-refractivity contribution is 4.95. The topological polar surface area (TPSA) is 15.3 Å². The Kier molecular flexibility index (Phi) is 4.19. The van der Waals surface area contributed by atoms with Crippen LogP contribution in [0.15, 0.2) is 0 Å². The van der Waals surface area contributed by atoms with Gasteiger partial charge in [0.2, 0.25) is 0 Å². The van der Waals surface area contributed by atoms with Gasteiger partial charge in [0.05, 0.1) is 0 Å². The largest absolute Gasteiger partial charge is 0.311 e. The van der Waals surface area contributed by atoms with E-state index in [1.54, 1.807) is 0 Å². The molecule has 0 aromatic rings. The number of rotatable bonds is 2. The van der Waals surface area contributed by atoms with Crippen LogP contribution in [0, 0.1) is 11.8 Å². The maximum atomic E-state index is 4.06. The van der Waals surface area contributed by atoms with Crippen molar-refractivity contribution < 1.29 is 0 Å². The molecule has 19 heavy (non-hydrogen) atoms. The molecule has 3 fully saturated rings. The molecule has 3 rings (SSSR count). The molecule has 5 atom stereocenters. The molecule has 3 aliphatic rings. The molecule has 2 heterocycles. The molecule has 2 bridgehead atoms. The first kappa shape index (κ1) is 13.9. The van der Waals surface area contributed by atoms with Gasteiger partial charge in [0, 0.05) is 24.2 Å². The first-order chi connectivity index (χ1) is 9.15. The van der Waals surface area contributed by atoms with E-state index in [0.717, 1.165) is 36.0 Å². The van der Waals surface area contributed by atoms with E-state index in [-0.39, 0.29) is 0 Å². The maximum absolute atomic E-state index is 4.06. The molecule has 1 N–H and O–H groups in total.